The van der Waals surface area contributed by atoms with E-state index in [4.69, 9.17) is 10.00 Å². The van der Waals surface area contributed by atoms with E-state index in [1.165, 1.54) is 0 Å². The predicted octanol–water partition coefficient (Wildman–Crippen LogP) is 2.74. The van der Waals surface area contributed by atoms with Crippen LogP contribution in [0.3, 0.4) is 0 Å². The molecule has 4 heteroatoms. The van der Waals surface area contributed by atoms with E-state index >= 15 is 0 Å². The minimum absolute atomic E-state index is 0.00524. The second-order valence-electron chi connectivity index (χ2n) is 4.52. The molecular weight excluding hydrogens is 228 g/mol. The maximum absolute atomic E-state index is 11.9. The van der Waals surface area contributed by atoms with E-state index in [1.807, 2.05) is 32.9 Å². The first-order valence-corrected chi connectivity index (χ1v) is 5.84. The maximum Gasteiger partial charge on any atom is 0.241 e. The molecule has 0 bridgehead atoms. The highest BCUT2D eigenvalue weighted by Gasteiger charge is 2.21. The number of benzene rings is 1. The van der Waals surface area contributed by atoms with E-state index in [9.17, 15) is 4.79 Å². The first kappa shape index (κ1) is 14.0. The van der Waals surface area contributed by atoms with Gasteiger partial charge in [-0.25, -0.2) is 0 Å². The fourth-order valence-electron chi connectivity index (χ4n) is 1.69. The molecule has 0 radical (unpaired) electrons. The highest BCUT2D eigenvalue weighted by molar-refractivity contribution is 5.94. The summed E-state index contributed by atoms with van der Waals surface area (Å²) >= 11 is 0. The number of aryl methyl sites for hydroxylation is 1. The van der Waals surface area contributed by atoms with Crippen molar-refractivity contribution in [1.29, 1.82) is 5.26 Å². The quantitative estimate of drug-likeness (QED) is 0.888. The second-order valence-corrected chi connectivity index (χ2v) is 4.52. The topological polar surface area (TPSA) is 62.1 Å². The van der Waals surface area contributed by atoms with Crippen LogP contribution >= 0.6 is 0 Å². The summed E-state index contributed by atoms with van der Waals surface area (Å²) in [6, 6.07) is 7.40. The molecule has 0 aliphatic heterocycles. The van der Waals surface area contributed by atoms with Gasteiger partial charge in [0.2, 0.25) is 5.91 Å². The van der Waals surface area contributed by atoms with Gasteiger partial charge < -0.3 is 10.1 Å². The zero-order chi connectivity index (χ0) is 13.7. The Balaban J connectivity index is 2.83. The van der Waals surface area contributed by atoms with Gasteiger partial charge in [-0.2, -0.15) is 5.26 Å². The predicted molar refractivity (Wildman–Crippen MR) is 70.3 cm³/mol. The van der Waals surface area contributed by atoms with Crippen molar-refractivity contribution >= 4 is 11.6 Å². The monoisotopic (exact) mass is 246 g/mol. The van der Waals surface area contributed by atoms with Crippen LogP contribution in [0.5, 0.6) is 5.75 Å². The summed E-state index contributed by atoms with van der Waals surface area (Å²) in [5, 5.41) is 11.7. The Bertz CT molecular complexity index is 475. The molecule has 0 aliphatic rings. The van der Waals surface area contributed by atoms with Crippen LogP contribution < -0.4 is 10.1 Å². The largest absolute Gasteiger partial charge is 0.496 e. The van der Waals surface area contributed by atoms with Crippen molar-refractivity contribution < 1.29 is 9.53 Å². The molecule has 0 aromatic heterocycles. The number of rotatable bonds is 4. The van der Waals surface area contributed by atoms with Crippen molar-refractivity contribution in [2.24, 2.45) is 11.8 Å². The van der Waals surface area contributed by atoms with Crippen LogP contribution in [0.2, 0.25) is 0 Å². The molecule has 1 aromatic carbocycles. The summed E-state index contributed by atoms with van der Waals surface area (Å²) < 4.78 is 5.15. The van der Waals surface area contributed by atoms with Crippen LogP contribution in [-0.2, 0) is 4.79 Å². The molecule has 1 amide bonds. The molecule has 0 fully saturated rings. The average molecular weight is 246 g/mol. The van der Waals surface area contributed by atoms with Gasteiger partial charge in [0.05, 0.1) is 13.2 Å². The van der Waals surface area contributed by atoms with Crippen molar-refractivity contribution in [1.82, 2.24) is 0 Å². The van der Waals surface area contributed by atoms with Gasteiger partial charge in [0.1, 0.15) is 11.7 Å². The minimum Gasteiger partial charge on any atom is -0.496 e. The molecule has 4 nitrogen and oxygen atoms in total. The van der Waals surface area contributed by atoms with Gasteiger partial charge in [-0.1, -0.05) is 13.8 Å². The Hall–Kier alpha value is -2.02. The first-order valence-electron chi connectivity index (χ1n) is 5.84. The van der Waals surface area contributed by atoms with Gasteiger partial charge in [-0.3, -0.25) is 4.79 Å². The summed E-state index contributed by atoms with van der Waals surface area (Å²) in [5.74, 6) is -0.132. The van der Waals surface area contributed by atoms with E-state index in [0.29, 0.717) is 5.69 Å². The van der Waals surface area contributed by atoms with Gasteiger partial charge in [0.15, 0.2) is 0 Å². The summed E-state index contributed by atoms with van der Waals surface area (Å²) in [5.41, 5.74) is 1.62. The molecule has 1 rings (SSSR count). The van der Waals surface area contributed by atoms with Crippen molar-refractivity contribution in [2.75, 3.05) is 12.4 Å². The number of methoxy groups -OCH3 is 1. The number of carbonyl (C=O) groups is 1. The van der Waals surface area contributed by atoms with Crippen molar-refractivity contribution in [3.63, 3.8) is 0 Å². The first-order chi connectivity index (χ1) is 8.49. The fraction of sp³-hybridized carbons (Fsp3) is 0.429. The number of anilines is 1. The van der Waals surface area contributed by atoms with Crippen LogP contribution in [0.1, 0.15) is 19.4 Å². The summed E-state index contributed by atoms with van der Waals surface area (Å²) in [4.78, 5) is 11.9. The molecule has 1 N–H and O–H groups in total. The number of hydrogen-bond donors (Lipinski definition) is 1. The number of nitrogens with zero attached hydrogens (tertiary/aromatic N) is 1. The Labute approximate surface area is 108 Å². The van der Waals surface area contributed by atoms with Crippen molar-refractivity contribution in [3.05, 3.63) is 23.8 Å². The molecule has 1 atom stereocenters. The lowest BCUT2D eigenvalue weighted by atomic mass is 9.96. The number of carbonyl (C=O) groups excluding carboxylic acids is 1. The van der Waals surface area contributed by atoms with E-state index in [2.05, 4.69) is 5.32 Å². The molecule has 0 spiro atoms. The number of ether oxygens (including phenoxy) is 1. The fourth-order valence-corrected chi connectivity index (χ4v) is 1.69. The number of amides is 1. The Morgan fingerprint density at radius 3 is 2.56 bits per heavy atom. The lowest BCUT2D eigenvalue weighted by molar-refractivity contribution is -0.119. The summed E-state index contributed by atoms with van der Waals surface area (Å²) in [7, 11) is 1.60. The number of nitriles is 1. The zero-order valence-corrected chi connectivity index (χ0v) is 11.2. The normalized spacial score (nSPS) is 11.8. The Morgan fingerprint density at radius 2 is 2.11 bits per heavy atom. The van der Waals surface area contributed by atoms with E-state index in [1.54, 1.807) is 19.2 Å². The summed E-state index contributed by atoms with van der Waals surface area (Å²) in [6.45, 7) is 5.61. The summed E-state index contributed by atoms with van der Waals surface area (Å²) in [6.07, 6.45) is 0. The Morgan fingerprint density at radius 1 is 1.44 bits per heavy atom. The van der Waals surface area contributed by atoms with Gasteiger partial charge in [-0.05, 0) is 36.6 Å². The highest BCUT2D eigenvalue weighted by atomic mass is 16.5. The lowest BCUT2D eigenvalue weighted by Gasteiger charge is -2.14. The SMILES string of the molecule is COc1ccc(NC(=O)C(C#N)C(C)C)cc1C. The molecule has 96 valence electrons. The van der Waals surface area contributed by atoms with Gasteiger partial charge >= 0.3 is 0 Å². The molecular formula is C14H18N2O2. The standard InChI is InChI=1S/C14H18N2O2/c1-9(2)12(8-15)14(17)16-11-5-6-13(18-4)10(3)7-11/h5-7,9,12H,1-4H3,(H,16,17). The molecule has 1 unspecified atom stereocenters. The highest BCUT2D eigenvalue weighted by Crippen LogP contribution is 2.22. The maximum atomic E-state index is 11.9. The van der Waals surface area contributed by atoms with Gasteiger partial charge in [0.25, 0.3) is 0 Å². The Kier molecular flexibility index (Phi) is 4.73. The third-order valence-corrected chi connectivity index (χ3v) is 2.75. The van der Waals surface area contributed by atoms with Crippen LogP contribution in [0, 0.1) is 30.1 Å². The molecule has 0 heterocycles. The van der Waals surface area contributed by atoms with Crippen LogP contribution in [-0.4, -0.2) is 13.0 Å². The van der Waals surface area contributed by atoms with Crippen molar-refractivity contribution in [2.45, 2.75) is 20.8 Å². The van der Waals surface area contributed by atoms with Gasteiger partial charge in [0, 0.05) is 5.69 Å². The average Bonchev–Trinajstić information content (AvgIpc) is 2.29. The molecule has 1 aromatic rings. The third kappa shape index (κ3) is 3.24. The van der Waals surface area contributed by atoms with Crippen LogP contribution in [0.15, 0.2) is 18.2 Å². The molecule has 0 saturated heterocycles. The van der Waals surface area contributed by atoms with E-state index in [0.717, 1.165) is 11.3 Å². The number of hydrogen-bond acceptors (Lipinski definition) is 3. The minimum atomic E-state index is -0.632. The van der Waals surface area contributed by atoms with E-state index < -0.39 is 5.92 Å². The smallest absolute Gasteiger partial charge is 0.241 e. The van der Waals surface area contributed by atoms with Gasteiger partial charge in [-0.15, -0.1) is 0 Å². The molecule has 18 heavy (non-hydrogen) atoms. The zero-order valence-electron chi connectivity index (χ0n) is 11.2. The van der Waals surface area contributed by atoms with Crippen LogP contribution in [0.4, 0.5) is 5.69 Å². The molecule has 0 aliphatic carbocycles. The third-order valence-electron chi connectivity index (χ3n) is 2.75. The lowest BCUT2D eigenvalue weighted by Crippen LogP contribution is -2.25. The van der Waals surface area contributed by atoms with Crippen LogP contribution in [0.25, 0.3) is 0 Å². The second kappa shape index (κ2) is 6.06. The molecule has 0 saturated carbocycles. The van der Waals surface area contributed by atoms with E-state index in [-0.39, 0.29) is 11.8 Å². The number of nitrogens with one attached hydrogen (secondary N) is 1. The van der Waals surface area contributed by atoms with Crippen molar-refractivity contribution in [3.8, 4) is 11.8 Å².